The molecule has 1 aromatic carbocycles. The maximum atomic E-state index is 12.5. The predicted molar refractivity (Wildman–Crippen MR) is 85.2 cm³/mol. The Labute approximate surface area is 133 Å². The molecule has 0 fully saturated rings. The summed E-state index contributed by atoms with van der Waals surface area (Å²) in [6.45, 7) is 4.39. The molecule has 0 atom stereocenters. The van der Waals surface area contributed by atoms with Gasteiger partial charge in [-0.1, -0.05) is 29.8 Å². The molecule has 5 nitrogen and oxygen atoms in total. The van der Waals surface area contributed by atoms with Crippen molar-refractivity contribution in [1.82, 2.24) is 0 Å². The van der Waals surface area contributed by atoms with Crippen LogP contribution in [0.2, 0.25) is 0 Å². The number of nitrogens with zero attached hydrogens (tertiary/aromatic N) is 1. The Hall–Kier alpha value is -1.08. The van der Waals surface area contributed by atoms with Crippen LogP contribution in [-0.2, 0) is 20.2 Å². The number of fused-ring (bicyclic) bond motifs is 1. The molecule has 0 aromatic heterocycles. The van der Waals surface area contributed by atoms with E-state index in [4.69, 9.17) is 5.11 Å². The quantitative estimate of drug-likeness (QED) is 0.858. The molecule has 21 heavy (non-hydrogen) atoms. The van der Waals surface area contributed by atoms with Crippen molar-refractivity contribution in [3.8, 4) is 0 Å². The van der Waals surface area contributed by atoms with E-state index in [1.54, 1.807) is 6.07 Å². The maximum absolute atomic E-state index is 12.5. The second-order valence-electron chi connectivity index (χ2n) is 5.87. The minimum absolute atomic E-state index is 0.125. The number of carboxylic acid groups (broad SMARTS) is 1. The highest BCUT2D eigenvalue weighted by molar-refractivity contribution is 9.10. The van der Waals surface area contributed by atoms with Crippen molar-refractivity contribution in [1.29, 1.82) is 0 Å². The summed E-state index contributed by atoms with van der Waals surface area (Å²) in [6.07, 6.45) is -0.00981. The van der Waals surface area contributed by atoms with Crippen LogP contribution >= 0.6 is 15.9 Å². The van der Waals surface area contributed by atoms with Gasteiger partial charge in [0.25, 0.3) is 0 Å². The lowest BCUT2D eigenvalue weighted by molar-refractivity contribution is -0.137. The molecule has 1 aliphatic rings. The Morgan fingerprint density at radius 1 is 1.43 bits per heavy atom. The first-order valence-corrected chi connectivity index (χ1v) is 9.06. The van der Waals surface area contributed by atoms with E-state index in [-0.39, 0.29) is 24.0 Å². The molecule has 116 valence electrons. The summed E-state index contributed by atoms with van der Waals surface area (Å²) in [5.41, 5.74) is 1.41. The molecule has 0 radical (unpaired) electrons. The van der Waals surface area contributed by atoms with Crippen LogP contribution < -0.4 is 4.31 Å². The zero-order chi connectivity index (χ0) is 15.8. The lowest BCUT2D eigenvalue weighted by Crippen LogP contribution is -2.35. The number of halogens is 1. The summed E-state index contributed by atoms with van der Waals surface area (Å²) in [6, 6.07) is 5.56. The SMILES string of the molecule is CC1(C)CN(S(=O)(=O)CCCC(=O)O)c2ccc(Br)cc21. The third kappa shape index (κ3) is 3.40. The highest BCUT2D eigenvalue weighted by Crippen LogP contribution is 2.43. The van der Waals surface area contributed by atoms with Crippen LogP contribution in [0, 0.1) is 0 Å². The number of carboxylic acids is 1. The van der Waals surface area contributed by atoms with E-state index >= 15 is 0 Å². The Morgan fingerprint density at radius 2 is 2.10 bits per heavy atom. The van der Waals surface area contributed by atoms with E-state index in [0.717, 1.165) is 10.0 Å². The van der Waals surface area contributed by atoms with Gasteiger partial charge in [0, 0.05) is 22.9 Å². The van der Waals surface area contributed by atoms with E-state index < -0.39 is 16.0 Å². The van der Waals surface area contributed by atoms with Crippen LogP contribution in [0.25, 0.3) is 0 Å². The molecular formula is C14H18BrNO4S. The highest BCUT2D eigenvalue weighted by Gasteiger charge is 2.40. The molecule has 0 saturated carbocycles. The number of benzene rings is 1. The van der Waals surface area contributed by atoms with Gasteiger partial charge in [0.2, 0.25) is 10.0 Å². The molecule has 0 saturated heterocycles. The monoisotopic (exact) mass is 375 g/mol. The van der Waals surface area contributed by atoms with Gasteiger partial charge in [-0.15, -0.1) is 0 Å². The van der Waals surface area contributed by atoms with E-state index in [2.05, 4.69) is 15.9 Å². The van der Waals surface area contributed by atoms with Crippen LogP contribution in [-0.4, -0.2) is 31.8 Å². The predicted octanol–water partition coefficient (Wildman–Crippen LogP) is 2.74. The number of aliphatic carboxylic acids is 1. The summed E-state index contributed by atoms with van der Waals surface area (Å²) in [4.78, 5) is 10.5. The van der Waals surface area contributed by atoms with Gasteiger partial charge < -0.3 is 5.11 Å². The van der Waals surface area contributed by atoms with E-state index in [1.807, 2.05) is 26.0 Å². The van der Waals surface area contributed by atoms with Gasteiger partial charge in [-0.2, -0.15) is 0 Å². The normalized spacial score (nSPS) is 16.8. The average Bonchev–Trinajstić information content (AvgIpc) is 2.61. The zero-order valence-corrected chi connectivity index (χ0v) is 14.4. The summed E-state index contributed by atoms with van der Waals surface area (Å²) in [7, 11) is -3.50. The van der Waals surface area contributed by atoms with E-state index in [9.17, 15) is 13.2 Å². The van der Waals surface area contributed by atoms with Gasteiger partial charge in [-0.25, -0.2) is 8.42 Å². The van der Waals surface area contributed by atoms with Crippen LogP contribution in [0.4, 0.5) is 5.69 Å². The highest BCUT2D eigenvalue weighted by atomic mass is 79.9. The van der Waals surface area contributed by atoms with Crippen molar-refractivity contribution >= 4 is 37.6 Å². The smallest absolute Gasteiger partial charge is 0.303 e. The molecule has 7 heteroatoms. The average molecular weight is 376 g/mol. The summed E-state index contributed by atoms with van der Waals surface area (Å²) >= 11 is 3.41. The van der Waals surface area contributed by atoms with Crippen molar-refractivity contribution in [2.75, 3.05) is 16.6 Å². The summed E-state index contributed by atoms with van der Waals surface area (Å²) in [5.74, 6) is -1.12. The standard InChI is InChI=1S/C14H18BrNO4S/c1-14(2)9-16(12-6-5-10(15)8-11(12)14)21(19,20)7-3-4-13(17)18/h5-6,8H,3-4,7,9H2,1-2H3,(H,17,18). The third-order valence-corrected chi connectivity index (χ3v) is 5.92. The lowest BCUT2D eigenvalue weighted by atomic mass is 9.87. The van der Waals surface area contributed by atoms with Crippen LogP contribution in [0.1, 0.15) is 32.3 Å². The van der Waals surface area contributed by atoms with Gasteiger partial charge in [0.05, 0.1) is 11.4 Å². The van der Waals surface area contributed by atoms with Crippen molar-refractivity contribution < 1.29 is 18.3 Å². The van der Waals surface area contributed by atoms with E-state index in [0.29, 0.717) is 12.2 Å². The molecule has 1 N–H and O–H groups in total. The second-order valence-corrected chi connectivity index (χ2v) is 8.79. The molecular weight excluding hydrogens is 358 g/mol. The van der Waals surface area contributed by atoms with E-state index in [1.165, 1.54) is 4.31 Å². The first-order valence-electron chi connectivity index (χ1n) is 6.66. The molecule has 0 spiro atoms. The number of anilines is 1. The minimum atomic E-state index is -3.50. The Balaban J connectivity index is 2.29. The zero-order valence-electron chi connectivity index (χ0n) is 12.0. The number of sulfonamides is 1. The fourth-order valence-electron chi connectivity index (χ4n) is 2.56. The molecule has 0 unspecified atom stereocenters. The minimum Gasteiger partial charge on any atom is -0.481 e. The molecule has 0 bridgehead atoms. The molecule has 2 rings (SSSR count). The van der Waals surface area contributed by atoms with Crippen molar-refractivity contribution in [3.05, 3.63) is 28.2 Å². The molecule has 0 aliphatic carbocycles. The number of carbonyl (C=O) groups is 1. The topological polar surface area (TPSA) is 74.7 Å². The summed E-state index contributed by atoms with van der Waals surface area (Å²) < 4.78 is 27.3. The number of rotatable bonds is 5. The lowest BCUT2D eigenvalue weighted by Gasteiger charge is -2.22. The molecule has 1 aliphatic heterocycles. The fraction of sp³-hybridized carbons (Fsp3) is 0.500. The first kappa shape index (κ1) is 16.3. The largest absolute Gasteiger partial charge is 0.481 e. The van der Waals surface area contributed by atoms with Crippen molar-refractivity contribution in [2.24, 2.45) is 0 Å². The van der Waals surface area contributed by atoms with Gasteiger partial charge in [0.15, 0.2) is 0 Å². The van der Waals surface area contributed by atoms with Crippen LogP contribution in [0.3, 0.4) is 0 Å². The Bertz CT molecular complexity index is 670. The maximum Gasteiger partial charge on any atom is 0.303 e. The second kappa shape index (κ2) is 5.61. The number of hydrogen-bond donors (Lipinski definition) is 1. The third-order valence-electron chi connectivity index (χ3n) is 3.62. The molecule has 0 amide bonds. The van der Waals surface area contributed by atoms with Crippen molar-refractivity contribution in [2.45, 2.75) is 32.1 Å². The Kier molecular flexibility index (Phi) is 4.35. The van der Waals surface area contributed by atoms with Gasteiger partial charge in [0.1, 0.15) is 0 Å². The van der Waals surface area contributed by atoms with Crippen LogP contribution in [0.15, 0.2) is 22.7 Å². The Morgan fingerprint density at radius 3 is 2.71 bits per heavy atom. The van der Waals surface area contributed by atoms with Crippen LogP contribution in [0.5, 0.6) is 0 Å². The van der Waals surface area contributed by atoms with Crippen molar-refractivity contribution in [3.63, 3.8) is 0 Å². The first-order chi connectivity index (χ1) is 9.63. The summed E-state index contributed by atoms with van der Waals surface area (Å²) in [5, 5.41) is 8.63. The van der Waals surface area contributed by atoms with Gasteiger partial charge in [-0.3, -0.25) is 9.10 Å². The molecule has 1 aromatic rings. The molecule has 1 heterocycles. The van der Waals surface area contributed by atoms with Gasteiger partial charge in [-0.05, 0) is 30.2 Å². The number of hydrogen-bond acceptors (Lipinski definition) is 3. The van der Waals surface area contributed by atoms with Gasteiger partial charge >= 0.3 is 5.97 Å². The fourth-order valence-corrected chi connectivity index (χ4v) is 4.63.